The lowest BCUT2D eigenvalue weighted by atomic mass is 9.80. The fourth-order valence-electron chi connectivity index (χ4n) is 1.27. The summed E-state index contributed by atoms with van der Waals surface area (Å²) >= 11 is 0. The molecule has 0 rings (SSSR count). The summed E-state index contributed by atoms with van der Waals surface area (Å²) in [5, 5.41) is 8.76. The van der Waals surface area contributed by atoms with Gasteiger partial charge in [0.05, 0.1) is 0 Å². The van der Waals surface area contributed by atoms with E-state index in [1.807, 2.05) is 13.8 Å². The first kappa shape index (κ1) is 11.7. The highest BCUT2D eigenvalue weighted by atomic mass is 17.1. The highest BCUT2D eigenvalue weighted by Gasteiger charge is 2.32. The molecule has 2 nitrogen and oxygen atoms in total. The van der Waals surface area contributed by atoms with Gasteiger partial charge in [-0.3, -0.25) is 5.26 Å². The minimum Gasteiger partial charge on any atom is -0.251 e. The van der Waals surface area contributed by atoms with Crippen molar-refractivity contribution in [1.82, 2.24) is 0 Å². The van der Waals surface area contributed by atoms with E-state index in [4.69, 9.17) is 5.26 Å². The molecular formula is C10H20O2. The first-order valence-corrected chi connectivity index (χ1v) is 4.20. The van der Waals surface area contributed by atoms with Gasteiger partial charge in [-0.05, 0) is 31.3 Å². The third-order valence-electron chi connectivity index (χ3n) is 1.97. The largest absolute Gasteiger partial charge is 0.251 e. The van der Waals surface area contributed by atoms with E-state index in [1.165, 1.54) is 0 Å². The topological polar surface area (TPSA) is 29.5 Å². The summed E-state index contributed by atoms with van der Waals surface area (Å²) in [4.78, 5) is 4.48. The first-order chi connectivity index (χ1) is 5.21. The summed E-state index contributed by atoms with van der Waals surface area (Å²) in [7, 11) is 0. The molecule has 1 unspecified atom stereocenters. The maximum absolute atomic E-state index is 8.76. The molecule has 0 aliphatic rings. The van der Waals surface area contributed by atoms with Gasteiger partial charge in [-0.15, -0.1) is 0 Å². The van der Waals surface area contributed by atoms with Gasteiger partial charge in [-0.25, -0.2) is 4.89 Å². The van der Waals surface area contributed by atoms with Gasteiger partial charge in [0.15, 0.2) is 0 Å². The van der Waals surface area contributed by atoms with E-state index in [1.54, 1.807) is 0 Å². The van der Waals surface area contributed by atoms with Gasteiger partial charge in [-0.2, -0.15) is 0 Å². The standard InChI is InChI=1S/C10H20O2/c1-8(2)10(6,12-11)7-9(3,4)5/h11H,1,7H2,2-6H3. The molecule has 1 atom stereocenters. The molecule has 0 aliphatic carbocycles. The molecule has 0 spiro atoms. The Bertz CT molecular complexity index is 167. The Morgan fingerprint density at radius 2 is 1.75 bits per heavy atom. The molecule has 0 aliphatic heterocycles. The second-order valence-electron chi connectivity index (χ2n) is 4.84. The van der Waals surface area contributed by atoms with Crippen molar-refractivity contribution < 1.29 is 10.1 Å². The van der Waals surface area contributed by atoms with Gasteiger partial charge in [0.1, 0.15) is 5.60 Å². The van der Waals surface area contributed by atoms with Crippen LogP contribution in [-0.4, -0.2) is 10.9 Å². The predicted molar refractivity (Wildman–Crippen MR) is 51.0 cm³/mol. The zero-order chi connectivity index (χ0) is 9.99. The normalized spacial score (nSPS) is 17.2. The molecule has 0 saturated carbocycles. The van der Waals surface area contributed by atoms with Crippen LogP contribution in [0.4, 0.5) is 0 Å². The van der Waals surface area contributed by atoms with E-state index in [9.17, 15) is 0 Å². The summed E-state index contributed by atoms with van der Waals surface area (Å²) in [6.45, 7) is 13.8. The third-order valence-corrected chi connectivity index (χ3v) is 1.97. The SMILES string of the molecule is C=C(C)C(C)(CC(C)(C)C)OO. The zero-order valence-electron chi connectivity index (χ0n) is 8.77. The molecule has 0 radical (unpaired) electrons. The van der Waals surface area contributed by atoms with Crippen LogP contribution < -0.4 is 0 Å². The van der Waals surface area contributed by atoms with E-state index < -0.39 is 5.60 Å². The monoisotopic (exact) mass is 172 g/mol. The Hall–Kier alpha value is -0.340. The molecule has 0 heterocycles. The van der Waals surface area contributed by atoms with Crippen LogP contribution in [0.15, 0.2) is 12.2 Å². The van der Waals surface area contributed by atoms with Crippen LogP contribution in [0, 0.1) is 5.41 Å². The van der Waals surface area contributed by atoms with Crippen LogP contribution in [0.1, 0.15) is 41.0 Å². The van der Waals surface area contributed by atoms with E-state index in [-0.39, 0.29) is 5.41 Å². The number of rotatable bonds is 3. The van der Waals surface area contributed by atoms with Crippen molar-refractivity contribution in [3.8, 4) is 0 Å². The Kier molecular flexibility index (Phi) is 3.48. The van der Waals surface area contributed by atoms with Crippen molar-refractivity contribution in [2.45, 2.75) is 46.6 Å². The van der Waals surface area contributed by atoms with E-state index in [0.717, 1.165) is 12.0 Å². The van der Waals surface area contributed by atoms with Gasteiger partial charge < -0.3 is 0 Å². The third kappa shape index (κ3) is 3.37. The fraction of sp³-hybridized carbons (Fsp3) is 0.800. The molecule has 0 fully saturated rings. The minimum absolute atomic E-state index is 0.121. The molecule has 0 amide bonds. The van der Waals surface area contributed by atoms with E-state index in [0.29, 0.717) is 0 Å². The summed E-state index contributed by atoms with van der Waals surface area (Å²) in [5.41, 5.74) is 0.356. The molecule has 0 aromatic carbocycles. The number of hydrogen-bond donors (Lipinski definition) is 1. The molecule has 0 saturated heterocycles. The van der Waals surface area contributed by atoms with Crippen molar-refractivity contribution in [2.75, 3.05) is 0 Å². The molecule has 12 heavy (non-hydrogen) atoms. The van der Waals surface area contributed by atoms with Crippen LogP contribution in [0.3, 0.4) is 0 Å². The highest BCUT2D eigenvalue weighted by Crippen LogP contribution is 2.33. The lowest BCUT2D eigenvalue weighted by Crippen LogP contribution is -2.33. The summed E-state index contributed by atoms with van der Waals surface area (Å²) in [5.74, 6) is 0. The van der Waals surface area contributed by atoms with Crippen LogP contribution in [0.25, 0.3) is 0 Å². The average Bonchev–Trinajstić information content (AvgIpc) is 1.83. The van der Waals surface area contributed by atoms with Gasteiger partial charge in [0.25, 0.3) is 0 Å². The minimum atomic E-state index is -0.613. The summed E-state index contributed by atoms with van der Waals surface area (Å²) < 4.78 is 0. The van der Waals surface area contributed by atoms with Gasteiger partial charge in [0.2, 0.25) is 0 Å². The quantitative estimate of drug-likeness (QED) is 0.402. The Morgan fingerprint density at radius 1 is 1.33 bits per heavy atom. The second kappa shape index (κ2) is 3.58. The Labute approximate surface area is 75.2 Å². The zero-order valence-corrected chi connectivity index (χ0v) is 8.77. The van der Waals surface area contributed by atoms with Crippen molar-refractivity contribution in [1.29, 1.82) is 0 Å². The van der Waals surface area contributed by atoms with Crippen LogP contribution in [-0.2, 0) is 4.89 Å². The van der Waals surface area contributed by atoms with Crippen LogP contribution in [0.5, 0.6) is 0 Å². The molecule has 0 aromatic heterocycles. The Morgan fingerprint density at radius 3 is 1.83 bits per heavy atom. The lowest BCUT2D eigenvalue weighted by Gasteiger charge is -2.33. The van der Waals surface area contributed by atoms with Crippen LogP contribution >= 0.6 is 0 Å². The molecule has 2 heteroatoms. The smallest absolute Gasteiger partial charge is 0.121 e. The molecule has 0 aromatic rings. The molecule has 1 N–H and O–H groups in total. The highest BCUT2D eigenvalue weighted by molar-refractivity contribution is 5.08. The molecule has 0 bridgehead atoms. The molecule has 72 valence electrons. The van der Waals surface area contributed by atoms with Crippen molar-refractivity contribution >= 4 is 0 Å². The van der Waals surface area contributed by atoms with Crippen molar-refractivity contribution in [3.63, 3.8) is 0 Å². The average molecular weight is 172 g/mol. The maximum Gasteiger partial charge on any atom is 0.121 e. The van der Waals surface area contributed by atoms with Gasteiger partial charge in [0, 0.05) is 0 Å². The van der Waals surface area contributed by atoms with E-state index in [2.05, 4.69) is 32.2 Å². The first-order valence-electron chi connectivity index (χ1n) is 4.20. The maximum atomic E-state index is 8.76. The predicted octanol–water partition coefficient (Wildman–Crippen LogP) is 3.25. The van der Waals surface area contributed by atoms with E-state index >= 15 is 0 Å². The van der Waals surface area contributed by atoms with Gasteiger partial charge >= 0.3 is 0 Å². The second-order valence-corrected chi connectivity index (χ2v) is 4.84. The van der Waals surface area contributed by atoms with Crippen LogP contribution in [0.2, 0.25) is 0 Å². The summed E-state index contributed by atoms with van der Waals surface area (Å²) in [6.07, 6.45) is 0.756. The molecular weight excluding hydrogens is 152 g/mol. The fourth-order valence-corrected chi connectivity index (χ4v) is 1.27. The van der Waals surface area contributed by atoms with Crippen molar-refractivity contribution in [3.05, 3.63) is 12.2 Å². The van der Waals surface area contributed by atoms with Gasteiger partial charge in [-0.1, -0.05) is 27.4 Å². The summed E-state index contributed by atoms with van der Waals surface area (Å²) in [6, 6.07) is 0. The van der Waals surface area contributed by atoms with Crippen molar-refractivity contribution in [2.24, 2.45) is 5.41 Å². The number of hydrogen-bond acceptors (Lipinski definition) is 2. The Balaban J connectivity index is 4.46. The lowest BCUT2D eigenvalue weighted by molar-refractivity contribution is -0.311.